The van der Waals surface area contributed by atoms with Crippen molar-refractivity contribution < 1.29 is 26.7 Å². The maximum absolute atomic E-state index is 12.7. The van der Waals surface area contributed by atoms with Crippen LogP contribution in [0.1, 0.15) is 103 Å². The average Bonchev–Trinajstić information content (AvgIpc) is 2.53. The Morgan fingerprint density at radius 2 is 1.00 bits per heavy atom. The first-order valence-electron chi connectivity index (χ1n) is 9.67. The number of carbonyl (C=O) groups excluding carboxylic acids is 1. The van der Waals surface area contributed by atoms with Crippen molar-refractivity contribution in [3.05, 3.63) is 0 Å². The number of carbonyl (C=O) groups is 1. The molecule has 0 rings (SSSR count). The summed E-state index contributed by atoms with van der Waals surface area (Å²) in [4.78, 5) is 11.1. The normalized spacial score (nSPS) is 12.6. The zero-order chi connectivity index (χ0) is 19.2. The van der Waals surface area contributed by atoms with Gasteiger partial charge >= 0.3 is 12.1 Å². The highest BCUT2D eigenvalue weighted by Gasteiger charge is 2.56. The molecule has 0 unspecified atom stereocenters. The van der Waals surface area contributed by atoms with E-state index in [1.165, 1.54) is 12.8 Å². The SMILES string of the molecule is CCC(=O)CCCCCCCCCCCCCCC(F)(F)C(F)(F)F. The van der Waals surface area contributed by atoms with E-state index in [9.17, 15) is 26.7 Å². The van der Waals surface area contributed by atoms with E-state index in [0.29, 0.717) is 25.0 Å². The second-order valence-electron chi connectivity index (χ2n) is 6.84. The van der Waals surface area contributed by atoms with Gasteiger partial charge in [-0.3, -0.25) is 4.79 Å². The zero-order valence-electron chi connectivity index (χ0n) is 15.4. The van der Waals surface area contributed by atoms with Crippen molar-refractivity contribution >= 4 is 5.78 Å². The summed E-state index contributed by atoms with van der Waals surface area (Å²) < 4.78 is 61.2. The van der Waals surface area contributed by atoms with Crippen LogP contribution in [0.3, 0.4) is 0 Å². The lowest BCUT2D eigenvalue weighted by molar-refractivity contribution is -0.284. The van der Waals surface area contributed by atoms with Gasteiger partial charge in [-0.1, -0.05) is 71.1 Å². The standard InChI is InChI=1S/C19H33F5O/c1-2-17(25)15-13-11-9-7-5-3-4-6-8-10-12-14-16-18(20,21)19(22,23)24/h2-16H2,1H3. The Kier molecular flexibility index (Phi) is 13.1. The number of halogens is 5. The van der Waals surface area contributed by atoms with Gasteiger partial charge in [0.1, 0.15) is 5.78 Å². The number of alkyl halides is 5. The molecule has 0 amide bonds. The molecule has 0 heterocycles. The maximum Gasteiger partial charge on any atom is 0.453 e. The molecule has 0 N–H and O–H groups in total. The van der Waals surface area contributed by atoms with Crippen molar-refractivity contribution in [1.29, 1.82) is 0 Å². The van der Waals surface area contributed by atoms with Gasteiger partial charge < -0.3 is 0 Å². The lowest BCUT2D eigenvalue weighted by Crippen LogP contribution is -2.36. The minimum absolute atomic E-state index is 0.0763. The lowest BCUT2D eigenvalue weighted by Gasteiger charge is -2.19. The fourth-order valence-electron chi connectivity index (χ4n) is 2.76. The Morgan fingerprint density at radius 1 is 0.640 bits per heavy atom. The van der Waals surface area contributed by atoms with E-state index in [-0.39, 0.29) is 6.42 Å². The highest BCUT2D eigenvalue weighted by atomic mass is 19.4. The summed E-state index contributed by atoms with van der Waals surface area (Å²) in [5.74, 6) is -4.21. The van der Waals surface area contributed by atoms with Crippen LogP contribution >= 0.6 is 0 Å². The van der Waals surface area contributed by atoms with Crippen LogP contribution in [0.25, 0.3) is 0 Å². The largest absolute Gasteiger partial charge is 0.453 e. The molecule has 0 aromatic carbocycles. The van der Waals surface area contributed by atoms with E-state index >= 15 is 0 Å². The Morgan fingerprint density at radius 3 is 1.36 bits per heavy atom. The molecule has 0 aliphatic heterocycles. The van der Waals surface area contributed by atoms with Crippen LogP contribution in [-0.2, 0) is 4.79 Å². The third kappa shape index (κ3) is 13.2. The Bertz CT molecular complexity index is 339. The van der Waals surface area contributed by atoms with E-state index in [1.54, 1.807) is 0 Å². The molecule has 0 bridgehead atoms. The van der Waals surface area contributed by atoms with E-state index in [2.05, 4.69) is 0 Å². The van der Waals surface area contributed by atoms with Crippen molar-refractivity contribution in [2.75, 3.05) is 0 Å². The third-order valence-electron chi connectivity index (χ3n) is 4.51. The smallest absolute Gasteiger partial charge is 0.300 e. The highest BCUT2D eigenvalue weighted by Crippen LogP contribution is 2.39. The molecule has 0 radical (unpaired) electrons. The highest BCUT2D eigenvalue weighted by molar-refractivity contribution is 5.77. The number of Topliss-reactive ketones (excluding diaryl/α,β-unsaturated/α-hetero) is 1. The van der Waals surface area contributed by atoms with Gasteiger partial charge in [0, 0.05) is 19.3 Å². The molecule has 1 nitrogen and oxygen atoms in total. The van der Waals surface area contributed by atoms with Gasteiger partial charge in [0.05, 0.1) is 0 Å². The van der Waals surface area contributed by atoms with Crippen molar-refractivity contribution in [2.45, 2.75) is 115 Å². The molecule has 0 aromatic rings. The van der Waals surface area contributed by atoms with Gasteiger partial charge in [-0.2, -0.15) is 22.0 Å². The number of ketones is 1. The van der Waals surface area contributed by atoms with E-state index in [4.69, 9.17) is 0 Å². The van der Waals surface area contributed by atoms with Gasteiger partial charge in [-0.05, 0) is 12.8 Å². The summed E-state index contributed by atoms with van der Waals surface area (Å²) in [6, 6.07) is 0. The first-order valence-corrected chi connectivity index (χ1v) is 9.67. The lowest BCUT2D eigenvalue weighted by atomic mass is 10.0. The fraction of sp³-hybridized carbons (Fsp3) is 0.947. The van der Waals surface area contributed by atoms with Crippen LogP contribution in [0.2, 0.25) is 0 Å². The number of rotatable bonds is 16. The molecular formula is C19H33F5O. The molecule has 150 valence electrons. The molecule has 0 spiro atoms. The molecule has 25 heavy (non-hydrogen) atoms. The maximum atomic E-state index is 12.7. The van der Waals surface area contributed by atoms with Crippen molar-refractivity contribution in [1.82, 2.24) is 0 Å². The van der Waals surface area contributed by atoms with Gasteiger partial charge in [0.2, 0.25) is 0 Å². The molecule has 0 atom stereocenters. The van der Waals surface area contributed by atoms with E-state index < -0.39 is 18.5 Å². The van der Waals surface area contributed by atoms with Gasteiger partial charge in [0.15, 0.2) is 0 Å². The van der Waals surface area contributed by atoms with Crippen molar-refractivity contribution in [3.8, 4) is 0 Å². The van der Waals surface area contributed by atoms with Crippen LogP contribution in [0.5, 0.6) is 0 Å². The molecular weight excluding hydrogens is 339 g/mol. The molecule has 0 aliphatic carbocycles. The Balaban J connectivity index is 3.28. The number of unbranched alkanes of at least 4 members (excludes halogenated alkanes) is 11. The molecule has 6 heteroatoms. The molecule has 0 saturated carbocycles. The first-order chi connectivity index (χ1) is 11.7. The Labute approximate surface area is 148 Å². The summed E-state index contributed by atoms with van der Waals surface area (Å²) in [7, 11) is 0. The second kappa shape index (κ2) is 13.5. The van der Waals surface area contributed by atoms with Crippen LogP contribution < -0.4 is 0 Å². The minimum Gasteiger partial charge on any atom is -0.300 e. The summed E-state index contributed by atoms with van der Waals surface area (Å²) in [5.41, 5.74) is 0. The molecule has 0 aromatic heterocycles. The molecule has 0 saturated heterocycles. The number of hydrogen-bond donors (Lipinski definition) is 0. The third-order valence-corrected chi connectivity index (χ3v) is 4.51. The second-order valence-corrected chi connectivity index (χ2v) is 6.84. The van der Waals surface area contributed by atoms with Crippen LogP contribution in [0, 0.1) is 0 Å². The van der Waals surface area contributed by atoms with E-state index in [0.717, 1.165) is 51.4 Å². The van der Waals surface area contributed by atoms with Gasteiger partial charge in [0.25, 0.3) is 0 Å². The van der Waals surface area contributed by atoms with Crippen molar-refractivity contribution in [2.24, 2.45) is 0 Å². The quantitative estimate of drug-likeness (QED) is 0.201. The minimum atomic E-state index is -5.42. The van der Waals surface area contributed by atoms with E-state index in [1.807, 2.05) is 6.92 Å². The van der Waals surface area contributed by atoms with Crippen LogP contribution in [-0.4, -0.2) is 17.9 Å². The predicted molar refractivity (Wildman–Crippen MR) is 90.9 cm³/mol. The summed E-state index contributed by atoms with van der Waals surface area (Å²) in [6.07, 6.45) is 5.62. The van der Waals surface area contributed by atoms with Gasteiger partial charge in [-0.15, -0.1) is 0 Å². The van der Waals surface area contributed by atoms with Crippen LogP contribution in [0.15, 0.2) is 0 Å². The summed E-state index contributed by atoms with van der Waals surface area (Å²) in [5, 5.41) is 0. The molecule has 0 fully saturated rings. The summed E-state index contributed by atoms with van der Waals surface area (Å²) >= 11 is 0. The monoisotopic (exact) mass is 372 g/mol. The summed E-state index contributed by atoms with van der Waals surface area (Å²) in [6.45, 7) is 1.89. The number of hydrogen-bond acceptors (Lipinski definition) is 1. The first kappa shape index (κ1) is 24.3. The topological polar surface area (TPSA) is 17.1 Å². The van der Waals surface area contributed by atoms with Crippen LogP contribution in [0.4, 0.5) is 22.0 Å². The molecule has 0 aliphatic rings. The fourth-order valence-corrected chi connectivity index (χ4v) is 2.76. The Hall–Kier alpha value is -0.680. The van der Waals surface area contributed by atoms with Gasteiger partial charge in [-0.25, -0.2) is 0 Å². The van der Waals surface area contributed by atoms with Crippen molar-refractivity contribution in [3.63, 3.8) is 0 Å². The average molecular weight is 372 g/mol. The predicted octanol–water partition coefficient (Wildman–Crippen LogP) is 7.62. The zero-order valence-corrected chi connectivity index (χ0v) is 15.4.